The lowest BCUT2D eigenvalue weighted by atomic mass is 9.79. The quantitative estimate of drug-likeness (QED) is 0.483. The lowest BCUT2D eigenvalue weighted by Gasteiger charge is -2.29. The molecule has 2 N–H and O–H groups in total. The Labute approximate surface area is 199 Å². The summed E-state index contributed by atoms with van der Waals surface area (Å²) in [5.41, 5.74) is 2.68. The maximum absolute atomic E-state index is 13.1. The number of aromatic nitrogens is 1. The summed E-state index contributed by atoms with van der Waals surface area (Å²) in [5, 5.41) is 4.17. The fourth-order valence-electron chi connectivity index (χ4n) is 4.48. The number of amides is 1. The van der Waals surface area contributed by atoms with Gasteiger partial charge in [0.05, 0.1) is 21.0 Å². The average molecular weight is 486 g/mol. The molecule has 1 aliphatic rings. The summed E-state index contributed by atoms with van der Waals surface area (Å²) in [4.78, 5) is 17.9. The van der Waals surface area contributed by atoms with Gasteiger partial charge < -0.3 is 5.32 Å². The van der Waals surface area contributed by atoms with Crippen molar-refractivity contribution in [2.75, 3.05) is 0 Å². The van der Waals surface area contributed by atoms with Gasteiger partial charge in [0.1, 0.15) is 0 Å². The highest BCUT2D eigenvalue weighted by Crippen LogP contribution is 2.40. The predicted molar refractivity (Wildman–Crippen MR) is 134 cm³/mol. The molecule has 1 amide bonds. The van der Waals surface area contributed by atoms with E-state index in [-0.39, 0.29) is 29.5 Å². The first kappa shape index (κ1) is 23.9. The Morgan fingerprint density at radius 2 is 1.76 bits per heavy atom. The fraction of sp³-hybridized carbons (Fsp3) is 0.440. The van der Waals surface area contributed by atoms with E-state index in [2.05, 4.69) is 16.1 Å². The van der Waals surface area contributed by atoms with Crippen LogP contribution in [-0.4, -0.2) is 25.4 Å². The number of para-hydroxylation sites is 1. The summed E-state index contributed by atoms with van der Waals surface area (Å²) in [5.74, 6) is 0.124. The van der Waals surface area contributed by atoms with E-state index >= 15 is 0 Å². The Morgan fingerprint density at radius 3 is 2.48 bits per heavy atom. The Balaban J connectivity index is 1.38. The van der Waals surface area contributed by atoms with Crippen LogP contribution in [0.1, 0.15) is 61.6 Å². The molecule has 176 valence electrons. The molecule has 3 aromatic rings. The summed E-state index contributed by atoms with van der Waals surface area (Å²) in [7, 11) is -3.35. The first-order valence-electron chi connectivity index (χ1n) is 11.5. The minimum Gasteiger partial charge on any atom is -0.352 e. The van der Waals surface area contributed by atoms with Crippen molar-refractivity contribution in [3.8, 4) is 0 Å². The van der Waals surface area contributed by atoms with Crippen LogP contribution in [0.2, 0.25) is 0 Å². The van der Waals surface area contributed by atoms with Gasteiger partial charge in [-0.2, -0.15) is 0 Å². The third-order valence-electron chi connectivity index (χ3n) is 5.99. The van der Waals surface area contributed by atoms with Crippen molar-refractivity contribution >= 4 is 37.5 Å². The zero-order chi connectivity index (χ0) is 23.4. The lowest BCUT2D eigenvalue weighted by molar-refractivity contribution is -0.126. The molecule has 2 aromatic carbocycles. The molecule has 1 aliphatic carbocycles. The van der Waals surface area contributed by atoms with Crippen LogP contribution >= 0.6 is 11.3 Å². The van der Waals surface area contributed by atoms with Crippen LogP contribution in [0.3, 0.4) is 0 Å². The molecule has 0 aliphatic heterocycles. The standard InChI is InChI=1S/C25H31N3O3S2/c1-17(2)28-33(30,31)16-19-13-11-18(12-14-19)15-26-24(29)20-7-3-4-8-21(20)25-27-22-9-5-6-10-23(22)32-25/h5-6,9-14,17,20-21,28H,3-4,7-8,15-16H2,1-2H3,(H,26,29). The van der Waals surface area contributed by atoms with E-state index in [4.69, 9.17) is 4.98 Å². The Morgan fingerprint density at radius 1 is 1.06 bits per heavy atom. The van der Waals surface area contributed by atoms with Crippen LogP contribution in [0.5, 0.6) is 0 Å². The number of carbonyl (C=O) groups excluding carboxylic acids is 1. The van der Waals surface area contributed by atoms with Gasteiger partial charge in [-0.25, -0.2) is 18.1 Å². The molecule has 0 saturated heterocycles. The number of hydrogen-bond acceptors (Lipinski definition) is 5. The number of carbonyl (C=O) groups is 1. The first-order chi connectivity index (χ1) is 15.8. The largest absolute Gasteiger partial charge is 0.352 e. The first-order valence-corrected chi connectivity index (χ1v) is 14.0. The second kappa shape index (κ2) is 10.3. The highest BCUT2D eigenvalue weighted by atomic mass is 32.2. The zero-order valence-corrected chi connectivity index (χ0v) is 20.7. The van der Waals surface area contributed by atoms with E-state index in [1.54, 1.807) is 25.2 Å². The van der Waals surface area contributed by atoms with Crippen molar-refractivity contribution in [3.05, 3.63) is 64.7 Å². The van der Waals surface area contributed by atoms with E-state index in [0.717, 1.165) is 47.3 Å². The van der Waals surface area contributed by atoms with Crippen LogP contribution in [0.25, 0.3) is 10.2 Å². The van der Waals surface area contributed by atoms with Gasteiger partial charge in [0, 0.05) is 24.4 Å². The Kier molecular flexibility index (Phi) is 7.46. The summed E-state index contributed by atoms with van der Waals surface area (Å²) in [6.07, 6.45) is 4.06. The van der Waals surface area contributed by atoms with Gasteiger partial charge in [-0.15, -0.1) is 11.3 Å². The Bertz CT molecular complexity index is 1170. The zero-order valence-electron chi connectivity index (χ0n) is 19.1. The molecule has 0 radical (unpaired) electrons. The van der Waals surface area contributed by atoms with E-state index < -0.39 is 10.0 Å². The van der Waals surface area contributed by atoms with E-state index in [1.807, 2.05) is 42.5 Å². The molecular weight excluding hydrogens is 454 g/mol. The number of nitrogens with zero attached hydrogens (tertiary/aromatic N) is 1. The number of nitrogens with one attached hydrogen (secondary N) is 2. The van der Waals surface area contributed by atoms with Crippen LogP contribution < -0.4 is 10.0 Å². The van der Waals surface area contributed by atoms with Gasteiger partial charge in [0.2, 0.25) is 15.9 Å². The minimum atomic E-state index is -3.35. The molecule has 2 unspecified atom stereocenters. The van der Waals surface area contributed by atoms with Gasteiger partial charge in [-0.3, -0.25) is 4.79 Å². The predicted octanol–water partition coefficient (Wildman–Crippen LogP) is 4.71. The molecule has 2 atom stereocenters. The summed E-state index contributed by atoms with van der Waals surface area (Å²) < 4.78 is 28.0. The van der Waals surface area contributed by atoms with E-state index in [9.17, 15) is 13.2 Å². The van der Waals surface area contributed by atoms with Gasteiger partial charge in [-0.05, 0) is 49.9 Å². The van der Waals surface area contributed by atoms with Gasteiger partial charge in [0.25, 0.3) is 0 Å². The molecule has 1 fully saturated rings. The number of fused-ring (bicyclic) bond motifs is 1. The summed E-state index contributed by atoms with van der Waals surface area (Å²) >= 11 is 1.70. The Hall–Kier alpha value is -2.29. The van der Waals surface area contributed by atoms with Gasteiger partial charge in [0.15, 0.2) is 0 Å². The van der Waals surface area contributed by atoms with Gasteiger partial charge in [-0.1, -0.05) is 49.2 Å². The van der Waals surface area contributed by atoms with Crippen LogP contribution in [0, 0.1) is 5.92 Å². The molecule has 1 saturated carbocycles. The van der Waals surface area contributed by atoms with Crippen LogP contribution in [-0.2, 0) is 27.1 Å². The smallest absolute Gasteiger partial charge is 0.224 e. The maximum atomic E-state index is 13.1. The molecule has 6 nitrogen and oxygen atoms in total. The number of thiazole rings is 1. The monoisotopic (exact) mass is 485 g/mol. The van der Waals surface area contributed by atoms with E-state index in [1.165, 1.54) is 4.70 Å². The fourth-order valence-corrected chi connectivity index (χ4v) is 7.08. The van der Waals surface area contributed by atoms with Crippen molar-refractivity contribution in [1.82, 2.24) is 15.0 Å². The highest BCUT2D eigenvalue weighted by Gasteiger charge is 2.33. The highest BCUT2D eigenvalue weighted by molar-refractivity contribution is 7.88. The number of sulfonamides is 1. The third kappa shape index (κ3) is 6.19. The van der Waals surface area contributed by atoms with Crippen LogP contribution in [0.15, 0.2) is 48.5 Å². The van der Waals surface area contributed by atoms with Crippen molar-refractivity contribution in [3.63, 3.8) is 0 Å². The molecule has 1 aromatic heterocycles. The third-order valence-corrected chi connectivity index (χ3v) is 8.70. The molecule has 0 spiro atoms. The lowest BCUT2D eigenvalue weighted by Crippen LogP contribution is -2.35. The molecule has 1 heterocycles. The number of rotatable bonds is 8. The van der Waals surface area contributed by atoms with Crippen molar-refractivity contribution in [1.29, 1.82) is 0 Å². The molecule has 33 heavy (non-hydrogen) atoms. The SMILES string of the molecule is CC(C)NS(=O)(=O)Cc1ccc(CNC(=O)C2CCCCC2c2nc3ccccc3s2)cc1. The second-order valence-corrected chi connectivity index (χ2v) is 11.9. The average Bonchev–Trinajstić information content (AvgIpc) is 3.21. The molecule has 4 rings (SSSR count). The maximum Gasteiger partial charge on any atom is 0.224 e. The number of hydrogen-bond donors (Lipinski definition) is 2. The molecule has 0 bridgehead atoms. The van der Waals surface area contributed by atoms with Crippen molar-refractivity contribution in [2.45, 2.75) is 63.8 Å². The van der Waals surface area contributed by atoms with Gasteiger partial charge >= 0.3 is 0 Å². The second-order valence-electron chi connectivity index (χ2n) is 9.08. The van der Waals surface area contributed by atoms with Crippen molar-refractivity contribution in [2.24, 2.45) is 5.92 Å². The molecular formula is C25H31N3O3S2. The topological polar surface area (TPSA) is 88.2 Å². The van der Waals surface area contributed by atoms with Crippen LogP contribution in [0.4, 0.5) is 0 Å². The summed E-state index contributed by atoms with van der Waals surface area (Å²) in [6, 6.07) is 15.4. The minimum absolute atomic E-state index is 0.0518. The van der Waals surface area contributed by atoms with E-state index in [0.29, 0.717) is 6.54 Å². The normalized spacial score (nSPS) is 19.1. The number of benzene rings is 2. The van der Waals surface area contributed by atoms with Crippen molar-refractivity contribution < 1.29 is 13.2 Å². The summed E-state index contributed by atoms with van der Waals surface area (Å²) in [6.45, 7) is 4.03. The molecule has 8 heteroatoms.